The molecular formula is C7H9F3O2. The highest BCUT2D eigenvalue weighted by molar-refractivity contribution is 5.75. The number of hydrogen-bond donors (Lipinski definition) is 0. The molecule has 0 N–H and O–H groups in total. The van der Waals surface area contributed by atoms with Crippen molar-refractivity contribution >= 4 is 5.97 Å². The van der Waals surface area contributed by atoms with Crippen molar-refractivity contribution in [2.45, 2.75) is 32.0 Å². The van der Waals surface area contributed by atoms with Gasteiger partial charge in [-0.05, 0) is 6.42 Å². The Hall–Kier alpha value is -0.740. The number of rotatable bonds is 1. The molecular weight excluding hydrogens is 173 g/mol. The fraction of sp³-hybridized carbons (Fsp3) is 0.857. The Bertz CT molecular complexity index is 188. The molecule has 0 unspecified atom stereocenters. The minimum absolute atomic E-state index is 0.223. The number of esters is 1. The van der Waals surface area contributed by atoms with E-state index in [0.29, 0.717) is 6.42 Å². The van der Waals surface area contributed by atoms with Crippen molar-refractivity contribution in [3.63, 3.8) is 0 Å². The summed E-state index contributed by atoms with van der Waals surface area (Å²) >= 11 is 0. The van der Waals surface area contributed by atoms with E-state index in [4.69, 9.17) is 0 Å². The molecule has 0 aliphatic carbocycles. The molecule has 1 saturated heterocycles. The van der Waals surface area contributed by atoms with Crippen LogP contribution >= 0.6 is 0 Å². The molecule has 0 aromatic rings. The number of cyclic esters (lactones) is 1. The van der Waals surface area contributed by atoms with Gasteiger partial charge in [0.25, 0.3) is 0 Å². The lowest BCUT2D eigenvalue weighted by Crippen LogP contribution is -2.26. The van der Waals surface area contributed by atoms with Gasteiger partial charge in [0, 0.05) is 6.42 Å². The standard InChI is InChI=1S/C7H9F3O2/c1-2-4-3-5(6(11)12-4)7(8,9)10/h4-5H,2-3H2,1H3/t4-,5-/m0/s1. The molecule has 0 saturated carbocycles. The molecule has 1 fully saturated rings. The van der Waals surface area contributed by atoms with Gasteiger partial charge in [-0.3, -0.25) is 4.79 Å². The fourth-order valence-electron chi connectivity index (χ4n) is 1.17. The van der Waals surface area contributed by atoms with Crippen molar-refractivity contribution in [2.75, 3.05) is 0 Å². The average molecular weight is 182 g/mol. The summed E-state index contributed by atoms with van der Waals surface area (Å²) in [5, 5.41) is 0. The maximum Gasteiger partial charge on any atom is 0.402 e. The molecule has 0 radical (unpaired) electrons. The summed E-state index contributed by atoms with van der Waals surface area (Å²) in [4.78, 5) is 10.6. The lowest BCUT2D eigenvalue weighted by Gasteiger charge is -2.09. The van der Waals surface area contributed by atoms with Crippen molar-refractivity contribution in [1.29, 1.82) is 0 Å². The minimum Gasteiger partial charge on any atom is -0.462 e. The summed E-state index contributed by atoms with van der Waals surface area (Å²) in [5.41, 5.74) is 0. The smallest absolute Gasteiger partial charge is 0.402 e. The van der Waals surface area contributed by atoms with Gasteiger partial charge in [-0.15, -0.1) is 0 Å². The van der Waals surface area contributed by atoms with Crippen LogP contribution in [0.3, 0.4) is 0 Å². The number of carbonyl (C=O) groups excluding carboxylic acids is 1. The second-order valence-corrected chi connectivity index (χ2v) is 2.80. The number of hydrogen-bond acceptors (Lipinski definition) is 2. The molecule has 0 spiro atoms. The van der Waals surface area contributed by atoms with Gasteiger partial charge in [-0.1, -0.05) is 6.92 Å². The Labute approximate surface area is 67.7 Å². The number of halogens is 3. The van der Waals surface area contributed by atoms with E-state index in [1.54, 1.807) is 6.92 Å². The van der Waals surface area contributed by atoms with Gasteiger partial charge in [-0.2, -0.15) is 13.2 Å². The van der Waals surface area contributed by atoms with Crippen LogP contribution in [0.4, 0.5) is 13.2 Å². The van der Waals surface area contributed by atoms with Gasteiger partial charge in [0.05, 0.1) is 0 Å². The number of ether oxygens (including phenoxy) is 1. The van der Waals surface area contributed by atoms with Gasteiger partial charge < -0.3 is 4.74 Å². The summed E-state index contributed by atoms with van der Waals surface area (Å²) in [6.07, 6.45) is -4.78. The summed E-state index contributed by atoms with van der Waals surface area (Å²) < 4.78 is 40.6. The van der Waals surface area contributed by atoms with E-state index in [1.807, 2.05) is 0 Å². The van der Waals surface area contributed by atoms with Crippen LogP contribution in [0, 0.1) is 5.92 Å². The Balaban J connectivity index is 2.64. The lowest BCUT2D eigenvalue weighted by atomic mass is 10.0. The highest BCUT2D eigenvalue weighted by Crippen LogP contribution is 2.36. The third-order valence-electron chi connectivity index (χ3n) is 1.92. The quantitative estimate of drug-likeness (QED) is 0.579. The third-order valence-corrected chi connectivity index (χ3v) is 1.92. The monoisotopic (exact) mass is 182 g/mol. The highest BCUT2D eigenvalue weighted by atomic mass is 19.4. The molecule has 1 aliphatic rings. The molecule has 2 nitrogen and oxygen atoms in total. The summed E-state index contributed by atoms with van der Waals surface area (Å²) in [6.45, 7) is 1.69. The predicted molar refractivity (Wildman–Crippen MR) is 34.3 cm³/mol. The van der Waals surface area contributed by atoms with Crippen LogP contribution in [0.2, 0.25) is 0 Å². The van der Waals surface area contributed by atoms with Crippen molar-refractivity contribution in [3.05, 3.63) is 0 Å². The van der Waals surface area contributed by atoms with Crippen LogP contribution in [0.5, 0.6) is 0 Å². The molecule has 1 aliphatic heterocycles. The van der Waals surface area contributed by atoms with E-state index >= 15 is 0 Å². The van der Waals surface area contributed by atoms with Crippen LogP contribution < -0.4 is 0 Å². The van der Waals surface area contributed by atoms with Crippen molar-refractivity contribution in [2.24, 2.45) is 5.92 Å². The zero-order valence-electron chi connectivity index (χ0n) is 6.52. The van der Waals surface area contributed by atoms with E-state index in [1.165, 1.54) is 0 Å². The van der Waals surface area contributed by atoms with Gasteiger partial charge in [0.1, 0.15) is 6.10 Å². The van der Waals surface area contributed by atoms with Crippen LogP contribution in [-0.2, 0) is 9.53 Å². The zero-order chi connectivity index (χ0) is 9.35. The van der Waals surface area contributed by atoms with Gasteiger partial charge in [0.2, 0.25) is 0 Å². The summed E-state index contributed by atoms with van der Waals surface area (Å²) in [6, 6.07) is 0. The molecule has 5 heteroatoms. The second-order valence-electron chi connectivity index (χ2n) is 2.80. The molecule has 0 amide bonds. The molecule has 12 heavy (non-hydrogen) atoms. The number of alkyl halides is 3. The molecule has 0 aromatic carbocycles. The van der Waals surface area contributed by atoms with Crippen molar-refractivity contribution in [1.82, 2.24) is 0 Å². The van der Waals surface area contributed by atoms with E-state index in [9.17, 15) is 18.0 Å². The summed E-state index contributed by atoms with van der Waals surface area (Å²) in [5.74, 6) is -3.03. The van der Waals surface area contributed by atoms with Gasteiger partial charge in [-0.25, -0.2) is 0 Å². The van der Waals surface area contributed by atoms with Crippen LogP contribution in [0.1, 0.15) is 19.8 Å². The summed E-state index contributed by atoms with van der Waals surface area (Å²) in [7, 11) is 0. The first-order chi connectivity index (χ1) is 5.45. The second kappa shape index (κ2) is 2.95. The molecule has 0 bridgehead atoms. The maximum atomic E-state index is 12.0. The zero-order valence-corrected chi connectivity index (χ0v) is 6.52. The lowest BCUT2D eigenvalue weighted by molar-refractivity contribution is -0.185. The maximum absolute atomic E-state index is 12.0. The topological polar surface area (TPSA) is 26.3 Å². The largest absolute Gasteiger partial charge is 0.462 e. The SMILES string of the molecule is CC[C@H]1C[C@H](C(F)(F)F)C(=O)O1. The van der Waals surface area contributed by atoms with Gasteiger partial charge in [0.15, 0.2) is 5.92 Å². The van der Waals surface area contributed by atoms with Crippen LogP contribution in [-0.4, -0.2) is 18.2 Å². The number of carbonyl (C=O) groups is 1. The minimum atomic E-state index is -4.44. The first-order valence-corrected chi connectivity index (χ1v) is 3.72. The van der Waals surface area contributed by atoms with E-state index < -0.39 is 24.2 Å². The Morgan fingerprint density at radius 1 is 1.58 bits per heavy atom. The highest BCUT2D eigenvalue weighted by Gasteiger charge is 2.51. The van der Waals surface area contributed by atoms with E-state index in [2.05, 4.69) is 4.74 Å². The van der Waals surface area contributed by atoms with Crippen LogP contribution in [0.25, 0.3) is 0 Å². The Morgan fingerprint density at radius 3 is 2.42 bits per heavy atom. The Kier molecular flexibility index (Phi) is 2.30. The van der Waals surface area contributed by atoms with Gasteiger partial charge >= 0.3 is 12.1 Å². The first kappa shape index (κ1) is 9.35. The van der Waals surface area contributed by atoms with E-state index in [0.717, 1.165) is 0 Å². The fourth-order valence-corrected chi connectivity index (χ4v) is 1.17. The van der Waals surface area contributed by atoms with Crippen molar-refractivity contribution < 1.29 is 22.7 Å². The molecule has 2 atom stereocenters. The molecule has 70 valence electrons. The molecule has 0 aromatic heterocycles. The Morgan fingerprint density at radius 2 is 2.17 bits per heavy atom. The first-order valence-electron chi connectivity index (χ1n) is 3.72. The van der Waals surface area contributed by atoms with Crippen LogP contribution in [0.15, 0.2) is 0 Å². The molecule has 1 rings (SSSR count). The predicted octanol–water partition coefficient (Wildman–Crippen LogP) is 1.89. The average Bonchev–Trinajstić information content (AvgIpc) is 2.29. The van der Waals surface area contributed by atoms with E-state index in [-0.39, 0.29) is 6.42 Å². The third kappa shape index (κ3) is 1.70. The van der Waals surface area contributed by atoms with Crippen molar-refractivity contribution in [3.8, 4) is 0 Å². The normalized spacial score (nSPS) is 30.5. The molecule has 1 heterocycles.